The van der Waals surface area contributed by atoms with Crippen LogP contribution in [0.5, 0.6) is 0 Å². The molecule has 2 aliphatic rings. The summed E-state index contributed by atoms with van der Waals surface area (Å²) in [4.78, 5) is 23.6. The molecule has 3 atom stereocenters. The maximum atomic E-state index is 12.0. The maximum Gasteiger partial charge on any atom is 0.333 e. The van der Waals surface area contributed by atoms with Gasteiger partial charge in [0.15, 0.2) is 5.78 Å². The Balaban J connectivity index is 1.96. The van der Waals surface area contributed by atoms with E-state index in [1.165, 1.54) is 12.2 Å². The summed E-state index contributed by atoms with van der Waals surface area (Å²) in [5.74, 6) is -0.520. The van der Waals surface area contributed by atoms with Crippen LogP contribution in [0.3, 0.4) is 0 Å². The van der Waals surface area contributed by atoms with E-state index < -0.39 is 11.7 Å². The molecule has 0 radical (unpaired) electrons. The number of carbonyl (C=O) groups is 2. The summed E-state index contributed by atoms with van der Waals surface area (Å²) < 4.78 is 5.36. The first-order chi connectivity index (χ1) is 11.6. The molecule has 0 fully saturated rings. The molecule has 0 aromatic heterocycles. The number of hydrogen-bond donors (Lipinski definition) is 2. The number of hydrogen-bond acceptors (Lipinski definition) is 5. The second-order valence-corrected chi connectivity index (χ2v) is 7.08. The van der Waals surface area contributed by atoms with Crippen LogP contribution < -0.4 is 0 Å². The third-order valence-electron chi connectivity index (χ3n) is 4.65. The van der Waals surface area contributed by atoms with Crippen molar-refractivity contribution in [2.75, 3.05) is 0 Å². The molecule has 0 amide bonds. The molecule has 0 unspecified atom stereocenters. The van der Waals surface area contributed by atoms with Gasteiger partial charge in [-0.1, -0.05) is 12.2 Å². The third-order valence-corrected chi connectivity index (χ3v) is 4.65. The van der Waals surface area contributed by atoms with Crippen LogP contribution in [0.4, 0.5) is 0 Å². The van der Waals surface area contributed by atoms with E-state index in [1.807, 2.05) is 19.1 Å². The smallest absolute Gasteiger partial charge is 0.333 e. The molecule has 2 rings (SSSR count). The van der Waals surface area contributed by atoms with Gasteiger partial charge in [-0.25, -0.2) is 4.79 Å². The van der Waals surface area contributed by atoms with E-state index in [0.29, 0.717) is 30.4 Å². The third kappa shape index (κ3) is 4.77. The topological polar surface area (TPSA) is 83.8 Å². The Bertz CT molecular complexity index is 691. The molecule has 1 aliphatic heterocycles. The normalized spacial score (nSPS) is 28.6. The predicted octanol–water partition coefficient (Wildman–Crippen LogP) is 2.54. The first-order valence-electron chi connectivity index (χ1n) is 8.51. The average Bonchev–Trinajstić information content (AvgIpc) is 2.76. The Morgan fingerprint density at radius 2 is 2.04 bits per heavy atom. The van der Waals surface area contributed by atoms with Crippen LogP contribution in [0.15, 0.2) is 46.6 Å². The van der Waals surface area contributed by atoms with Crippen molar-refractivity contribution in [2.24, 2.45) is 0 Å². The van der Waals surface area contributed by atoms with Gasteiger partial charge in [0, 0.05) is 17.6 Å². The van der Waals surface area contributed by atoms with E-state index in [0.717, 1.165) is 5.57 Å². The largest absolute Gasteiger partial charge is 0.454 e. The Morgan fingerprint density at radius 1 is 1.36 bits per heavy atom. The number of aliphatic hydroxyl groups excluding tert-OH is 1. The van der Waals surface area contributed by atoms with Crippen molar-refractivity contribution in [3.05, 3.63) is 46.6 Å². The highest BCUT2D eigenvalue weighted by molar-refractivity contribution is 6.11. The lowest BCUT2D eigenvalue weighted by Gasteiger charge is -2.23. The molecule has 0 spiro atoms. The van der Waals surface area contributed by atoms with Gasteiger partial charge in [-0.2, -0.15) is 0 Å². The van der Waals surface area contributed by atoms with Crippen molar-refractivity contribution in [1.29, 1.82) is 0 Å². The van der Waals surface area contributed by atoms with Crippen molar-refractivity contribution in [3.63, 3.8) is 0 Å². The SMILES string of the molecule is CC1=CC[C@H](/C(C)=C/CC[C@](C)(O)/C=C2/C(=O)C(C)=C[C@H]2O)OC1=O. The molecule has 0 aromatic carbocycles. The number of aliphatic hydroxyl groups is 2. The van der Waals surface area contributed by atoms with E-state index in [-0.39, 0.29) is 23.4 Å². The number of rotatable bonds is 5. The van der Waals surface area contributed by atoms with Crippen LogP contribution in [-0.4, -0.2) is 39.8 Å². The maximum absolute atomic E-state index is 12.0. The van der Waals surface area contributed by atoms with Crippen LogP contribution in [-0.2, 0) is 14.3 Å². The van der Waals surface area contributed by atoms with Gasteiger partial charge in [-0.15, -0.1) is 0 Å². The summed E-state index contributed by atoms with van der Waals surface area (Å²) in [5, 5.41) is 20.4. The highest BCUT2D eigenvalue weighted by Crippen LogP contribution is 2.26. The Kier molecular flexibility index (Phi) is 5.80. The van der Waals surface area contributed by atoms with Crippen molar-refractivity contribution < 1.29 is 24.5 Å². The summed E-state index contributed by atoms with van der Waals surface area (Å²) in [6.45, 7) is 6.90. The summed E-state index contributed by atoms with van der Waals surface area (Å²) in [7, 11) is 0. The van der Waals surface area contributed by atoms with E-state index in [4.69, 9.17) is 4.74 Å². The van der Waals surface area contributed by atoms with Crippen LogP contribution >= 0.6 is 0 Å². The van der Waals surface area contributed by atoms with Gasteiger partial charge in [-0.3, -0.25) is 4.79 Å². The molecule has 1 aliphatic carbocycles. The molecule has 5 nitrogen and oxygen atoms in total. The molecule has 1 heterocycles. The molecule has 0 saturated carbocycles. The summed E-state index contributed by atoms with van der Waals surface area (Å²) >= 11 is 0. The van der Waals surface area contributed by atoms with Crippen molar-refractivity contribution >= 4 is 11.8 Å². The van der Waals surface area contributed by atoms with Gasteiger partial charge in [0.25, 0.3) is 0 Å². The first kappa shape index (κ1) is 19.3. The highest BCUT2D eigenvalue weighted by atomic mass is 16.5. The predicted molar refractivity (Wildman–Crippen MR) is 94.7 cm³/mol. The number of Topliss-reactive ketones (excluding diaryl/α,β-unsaturated/α-hetero) is 1. The molecule has 136 valence electrons. The minimum atomic E-state index is -1.21. The number of carbonyl (C=O) groups excluding carboxylic acids is 2. The molecule has 5 heteroatoms. The van der Waals surface area contributed by atoms with Crippen LogP contribution in [0.1, 0.15) is 47.0 Å². The standard InChI is InChI=1S/C20H26O5/c1-12(17-8-7-13(2)19(23)25-17)6-5-9-20(4,24)11-15-16(21)10-14(3)18(15)22/h6-7,10-11,16-17,21,24H,5,8-9H2,1-4H3/b12-6+,15-11+/t16-,17-,20+/m1/s1. The lowest BCUT2D eigenvalue weighted by molar-refractivity contribution is -0.143. The van der Waals surface area contributed by atoms with E-state index in [9.17, 15) is 19.8 Å². The zero-order chi connectivity index (χ0) is 18.8. The molecule has 0 bridgehead atoms. The molecule has 25 heavy (non-hydrogen) atoms. The van der Waals surface area contributed by atoms with Crippen LogP contribution in [0.25, 0.3) is 0 Å². The minimum absolute atomic E-state index is 0.226. The number of ketones is 1. The number of ether oxygens (including phenoxy) is 1. The second kappa shape index (κ2) is 7.50. The van der Waals surface area contributed by atoms with Gasteiger partial charge in [0.05, 0.1) is 5.60 Å². The van der Waals surface area contributed by atoms with Crippen molar-refractivity contribution in [2.45, 2.75) is 64.8 Å². The van der Waals surface area contributed by atoms with Crippen molar-refractivity contribution in [1.82, 2.24) is 0 Å². The van der Waals surface area contributed by atoms with Gasteiger partial charge >= 0.3 is 5.97 Å². The summed E-state index contributed by atoms with van der Waals surface area (Å²) in [5.41, 5.74) is 1.08. The Hall–Kier alpha value is -1.98. The second-order valence-electron chi connectivity index (χ2n) is 7.08. The van der Waals surface area contributed by atoms with Crippen LogP contribution in [0, 0.1) is 0 Å². The van der Waals surface area contributed by atoms with Crippen molar-refractivity contribution in [3.8, 4) is 0 Å². The summed E-state index contributed by atoms with van der Waals surface area (Å²) in [6.07, 6.45) is 7.15. The molecular weight excluding hydrogens is 320 g/mol. The monoisotopic (exact) mass is 346 g/mol. The lowest BCUT2D eigenvalue weighted by atomic mass is 9.93. The molecule has 0 saturated heterocycles. The van der Waals surface area contributed by atoms with Gasteiger partial charge in [0.2, 0.25) is 0 Å². The number of allylic oxidation sites excluding steroid dienone is 2. The highest BCUT2D eigenvalue weighted by Gasteiger charge is 2.29. The Morgan fingerprint density at radius 3 is 2.60 bits per heavy atom. The zero-order valence-electron chi connectivity index (χ0n) is 15.2. The molecular formula is C20H26O5. The quantitative estimate of drug-likeness (QED) is 0.454. The number of cyclic esters (lactones) is 1. The minimum Gasteiger partial charge on any atom is -0.454 e. The van der Waals surface area contributed by atoms with Gasteiger partial charge in [-0.05, 0) is 63.8 Å². The van der Waals surface area contributed by atoms with E-state index >= 15 is 0 Å². The fourth-order valence-corrected chi connectivity index (χ4v) is 2.96. The Labute approximate surface area is 148 Å². The lowest BCUT2D eigenvalue weighted by Crippen LogP contribution is -2.25. The molecule has 2 N–H and O–H groups in total. The fraction of sp³-hybridized carbons (Fsp3) is 0.500. The van der Waals surface area contributed by atoms with Gasteiger partial charge in [0.1, 0.15) is 12.2 Å². The summed E-state index contributed by atoms with van der Waals surface area (Å²) in [6, 6.07) is 0. The first-order valence-corrected chi connectivity index (χ1v) is 8.51. The van der Waals surface area contributed by atoms with E-state index in [1.54, 1.807) is 20.8 Å². The van der Waals surface area contributed by atoms with Crippen LogP contribution in [0.2, 0.25) is 0 Å². The fourth-order valence-electron chi connectivity index (χ4n) is 2.96. The average molecular weight is 346 g/mol. The van der Waals surface area contributed by atoms with Gasteiger partial charge < -0.3 is 14.9 Å². The molecule has 0 aromatic rings. The zero-order valence-corrected chi connectivity index (χ0v) is 15.2. The van der Waals surface area contributed by atoms with E-state index in [2.05, 4.69) is 0 Å². The number of esters is 1.